The van der Waals surface area contributed by atoms with Gasteiger partial charge in [-0.05, 0) is 57.1 Å². The fraction of sp³-hybridized carbons (Fsp3) is 0.375. The molecule has 3 aromatic rings. The summed E-state index contributed by atoms with van der Waals surface area (Å²) in [5.41, 5.74) is 5.78. The summed E-state index contributed by atoms with van der Waals surface area (Å²) in [5.74, 6) is 0.0828. The number of nitrogens with one attached hydrogen (secondary N) is 1. The summed E-state index contributed by atoms with van der Waals surface area (Å²) in [5, 5.41) is 3.38. The topological polar surface area (TPSA) is 91.3 Å². The molecule has 0 radical (unpaired) electrons. The number of urea groups is 1. The van der Waals surface area contributed by atoms with Crippen molar-refractivity contribution in [1.82, 2.24) is 25.2 Å². The SMILES string of the molecule is CC(=O)Cc1ccc(-c2ccc3ncc4c(c3n2)N(C2CCNCC2)C(=O)N(C)C4)cn1. The van der Waals surface area contributed by atoms with Crippen LogP contribution in [0.3, 0.4) is 0 Å². The van der Waals surface area contributed by atoms with E-state index in [9.17, 15) is 9.59 Å². The molecule has 0 unspecified atom stereocenters. The van der Waals surface area contributed by atoms with Crippen molar-refractivity contribution in [2.45, 2.75) is 38.8 Å². The number of Topliss-reactive ketones (excluding diaryl/α,β-unsaturated/α-hetero) is 1. The molecule has 1 saturated heterocycles. The van der Waals surface area contributed by atoms with E-state index in [1.165, 1.54) is 0 Å². The van der Waals surface area contributed by atoms with E-state index in [0.29, 0.717) is 13.0 Å². The van der Waals surface area contributed by atoms with E-state index in [0.717, 1.165) is 65.2 Å². The molecular formula is C24H26N6O2. The van der Waals surface area contributed by atoms with Crippen molar-refractivity contribution in [3.63, 3.8) is 0 Å². The van der Waals surface area contributed by atoms with Gasteiger partial charge in [0.2, 0.25) is 0 Å². The third-order valence-corrected chi connectivity index (χ3v) is 6.17. The van der Waals surface area contributed by atoms with Gasteiger partial charge in [0.1, 0.15) is 11.3 Å². The summed E-state index contributed by atoms with van der Waals surface area (Å²) in [4.78, 5) is 42.3. The van der Waals surface area contributed by atoms with Crippen LogP contribution in [0.1, 0.15) is 31.0 Å². The van der Waals surface area contributed by atoms with E-state index in [2.05, 4.69) is 15.3 Å². The van der Waals surface area contributed by atoms with Crippen LogP contribution in [-0.4, -0.2) is 57.8 Å². The minimum absolute atomic E-state index is 0.0133. The number of carbonyl (C=O) groups is 2. The van der Waals surface area contributed by atoms with Crippen LogP contribution >= 0.6 is 0 Å². The van der Waals surface area contributed by atoms with Gasteiger partial charge in [0.25, 0.3) is 0 Å². The maximum absolute atomic E-state index is 13.3. The third kappa shape index (κ3) is 3.71. The van der Waals surface area contributed by atoms with Gasteiger partial charge in [-0.15, -0.1) is 0 Å². The average Bonchev–Trinajstić information content (AvgIpc) is 2.80. The maximum atomic E-state index is 13.3. The van der Waals surface area contributed by atoms with Crippen molar-refractivity contribution in [3.8, 4) is 11.3 Å². The molecule has 1 fully saturated rings. The number of carbonyl (C=O) groups excluding carboxylic acids is 2. The Balaban J connectivity index is 1.61. The molecule has 0 bridgehead atoms. The lowest BCUT2D eigenvalue weighted by Gasteiger charge is -2.41. The van der Waals surface area contributed by atoms with Crippen molar-refractivity contribution in [2.75, 3.05) is 25.0 Å². The van der Waals surface area contributed by atoms with Crippen molar-refractivity contribution in [3.05, 3.63) is 47.9 Å². The number of piperidine rings is 1. The zero-order valence-electron chi connectivity index (χ0n) is 18.3. The van der Waals surface area contributed by atoms with Gasteiger partial charge in [-0.3, -0.25) is 19.7 Å². The van der Waals surface area contributed by atoms with Gasteiger partial charge < -0.3 is 10.2 Å². The highest BCUT2D eigenvalue weighted by Crippen LogP contribution is 2.37. The van der Waals surface area contributed by atoms with E-state index in [4.69, 9.17) is 4.98 Å². The van der Waals surface area contributed by atoms with Gasteiger partial charge >= 0.3 is 6.03 Å². The summed E-state index contributed by atoms with van der Waals surface area (Å²) >= 11 is 0. The second-order valence-corrected chi connectivity index (χ2v) is 8.60. The molecule has 5 heterocycles. The van der Waals surface area contributed by atoms with Crippen molar-refractivity contribution in [1.29, 1.82) is 0 Å². The van der Waals surface area contributed by atoms with Gasteiger partial charge in [-0.25, -0.2) is 9.78 Å². The molecule has 0 spiro atoms. The van der Waals surface area contributed by atoms with Gasteiger partial charge in [-0.2, -0.15) is 0 Å². The van der Waals surface area contributed by atoms with E-state index in [-0.39, 0.29) is 17.9 Å². The van der Waals surface area contributed by atoms with Crippen LogP contribution in [-0.2, 0) is 17.8 Å². The van der Waals surface area contributed by atoms with E-state index >= 15 is 0 Å². The summed E-state index contributed by atoms with van der Waals surface area (Å²) in [6.45, 7) is 3.87. The molecule has 0 saturated carbocycles. The highest BCUT2D eigenvalue weighted by atomic mass is 16.2. The van der Waals surface area contributed by atoms with Gasteiger partial charge in [0, 0.05) is 48.7 Å². The third-order valence-electron chi connectivity index (χ3n) is 6.17. The molecular weight excluding hydrogens is 404 g/mol. The average molecular weight is 431 g/mol. The number of fused-ring (bicyclic) bond motifs is 3. The number of nitrogens with zero attached hydrogens (tertiary/aromatic N) is 5. The number of anilines is 1. The first kappa shape index (κ1) is 20.5. The summed E-state index contributed by atoms with van der Waals surface area (Å²) in [6, 6.07) is 7.82. The van der Waals surface area contributed by atoms with Crippen LogP contribution < -0.4 is 10.2 Å². The smallest absolute Gasteiger partial charge is 0.323 e. The van der Waals surface area contributed by atoms with E-state index < -0.39 is 0 Å². The van der Waals surface area contributed by atoms with Gasteiger partial charge in [0.05, 0.1) is 23.4 Å². The molecule has 3 aromatic heterocycles. The Morgan fingerprint density at radius 1 is 1.12 bits per heavy atom. The summed E-state index contributed by atoms with van der Waals surface area (Å²) < 4.78 is 0. The molecule has 0 aromatic carbocycles. The normalized spacial score (nSPS) is 17.0. The van der Waals surface area contributed by atoms with Gasteiger partial charge in [-0.1, -0.05) is 0 Å². The minimum atomic E-state index is 0.0133. The fourth-order valence-electron chi connectivity index (χ4n) is 4.58. The predicted molar refractivity (Wildman–Crippen MR) is 122 cm³/mol. The number of hydrogen-bond acceptors (Lipinski definition) is 6. The standard InChI is InChI=1S/C24H26N6O2/c1-15(31)11-18-4-3-16(12-26-18)20-5-6-21-22(28-20)23-17(13-27-21)14-29(2)24(32)30(23)19-7-9-25-10-8-19/h3-6,12-13,19,25H,7-11,14H2,1-2H3. The van der Waals surface area contributed by atoms with Crippen LogP contribution in [0.4, 0.5) is 10.5 Å². The molecule has 8 nitrogen and oxygen atoms in total. The molecule has 2 aliphatic rings. The number of aromatic nitrogens is 3. The Morgan fingerprint density at radius 3 is 2.66 bits per heavy atom. The van der Waals surface area contributed by atoms with Crippen molar-refractivity contribution in [2.24, 2.45) is 0 Å². The van der Waals surface area contributed by atoms with Crippen LogP contribution in [0.5, 0.6) is 0 Å². The Kier molecular flexibility index (Phi) is 5.30. The Bertz CT molecular complexity index is 1190. The minimum Gasteiger partial charge on any atom is -0.323 e. The lowest BCUT2D eigenvalue weighted by atomic mass is 10.0. The second kappa shape index (κ2) is 8.27. The van der Waals surface area contributed by atoms with Crippen LogP contribution in [0.2, 0.25) is 0 Å². The molecule has 2 amide bonds. The molecule has 5 rings (SSSR count). The number of amides is 2. The highest BCUT2D eigenvalue weighted by molar-refractivity contribution is 6.04. The van der Waals surface area contributed by atoms with Crippen LogP contribution in [0.15, 0.2) is 36.7 Å². The largest absolute Gasteiger partial charge is 0.324 e. The number of rotatable bonds is 4. The van der Waals surface area contributed by atoms with Crippen molar-refractivity contribution < 1.29 is 9.59 Å². The first-order chi connectivity index (χ1) is 15.5. The zero-order chi connectivity index (χ0) is 22.2. The first-order valence-electron chi connectivity index (χ1n) is 11.0. The van der Waals surface area contributed by atoms with E-state index in [1.54, 1.807) is 18.0 Å². The Hall–Kier alpha value is -3.39. The summed E-state index contributed by atoms with van der Waals surface area (Å²) in [6.07, 6.45) is 5.75. The molecule has 164 valence electrons. The van der Waals surface area contributed by atoms with Crippen molar-refractivity contribution >= 4 is 28.5 Å². The van der Waals surface area contributed by atoms with E-state index in [1.807, 2.05) is 42.4 Å². The number of ketones is 1. The molecule has 2 aliphatic heterocycles. The molecule has 1 N–H and O–H groups in total. The number of pyridine rings is 3. The fourth-order valence-corrected chi connectivity index (χ4v) is 4.58. The Morgan fingerprint density at radius 2 is 1.94 bits per heavy atom. The molecule has 8 heteroatoms. The predicted octanol–water partition coefficient (Wildman–Crippen LogP) is 2.95. The second-order valence-electron chi connectivity index (χ2n) is 8.60. The lowest BCUT2D eigenvalue weighted by Crippen LogP contribution is -2.53. The first-order valence-corrected chi connectivity index (χ1v) is 11.0. The molecule has 0 aliphatic carbocycles. The maximum Gasteiger partial charge on any atom is 0.324 e. The zero-order valence-corrected chi connectivity index (χ0v) is 18.3. The molecule has 32 heavy (non-hydrogen) atoms. The number of hydrogen-bond donors (Lipinski definition) is 1. The lowest BCUT2D eigenvalue weighted by molar-refractivity contribution is -0.116. The van der Waals surface area contributed by atoms with Crippen LogP contribution in [0.25, 0.3) is 22.3 Å². The summed E-state index contributed by atoms with van der Waals surface area (Å²) in [7, 11) is 1.83. The highest BCUT2D eigenvalue weighted by Gasteiger charge is 2.36. The quantitative estimate of drug-likeness (QED) is 0.684. The van der Waals surface area contributed by atoms with Gasteiger partial charge in [0.15, 0.2) is 0 Å². The Labute approximate surface area is 186 Å². The monoisotopic (exact) mass is 430 g/mol. The van der Waals surface area contributed by atoms with Crippen LogP contribution in [0, 0.1) is 0 Å². The molecule has 0 atom stereocenters.